The van der Waals surface area contributed by atoms with Gasteiger partial charge in [0.15, 0.2) is 0 Å². The lowest BCUT2D eigenvalue weighted by Gasteiger charge is -2.36. The van der Waals surface area contributed by atoms with Crippen molar-refractivity contribution in [1.29, 1.82) is 0 Å². The molecular weight excluding hydrogens is 414 g/mol. The van der Waals surface area contributed by atoms with Gasteiger partial charge in [-0.05, 0) is 62.3 Å². The van der Waals surface area contributed by atoms with Crippen LogP contribution in [0.1, 0.15) is 59.9 Å². The molecule has 1 fully saturated rings. The highest BCUT2D eigenvalue weighted by Gasteiger charge is 2.35. The molecule has 2 unspecified atom stereocenters. The molecule has 3 rings (SSSR count). The van der Waals surface area contributed by atoms with Gasteiger partial charge in [-0.25, -0.2) is 0 Å². The van der Waals surface area contributed by atoms with Crippen molar-refractivity contribution in [3.05, 3.63) is 71.3 Å². The molecule has 2 atom stereocenters. The molecule has 2 N–H and O–H groups in total. The highest BCUT2D eigenvalue weighted by molar-refractivity contribution is 5.98. The third-order valence-corrected chi connectivity index (χ3v) is 6.65. The zero-order chi connectivity index (χ0) is 24.0. The number of likely N-dealkylation sites (tertiary alicyclic amines) is 1. The van der Waals surface area contributed by atoms with Crippen molar-refractivity contribution < 1.29 is 14.4 Å². The van der Waals surface area contributed by atoms with E-state index in [9.17, 15) is 14.4 Å². The second kappa shape index (κ2) is 11.1. The molecule has 1 heterocycles. The number of hydrogen-bond donors (Lipinski definition) is 2. The molecule has 3 amide bonds. The van der Waals surface area contributed by atoms with Crippen LogP contribution in [0.4, 0.5) is 0 Å². The smallest absolute Gasteiger partial charge is 0.254 e. The summed E-state index contributed by atoms with van der Waals surface area (Å²) < 4.78 is 0. The number of carbonyl (C=O) groups is 3. The summed E-state index contributed by atoms with van der Waals surface area (Å²) in [6, 6.07) is 15.9. The third kappa shape index (κ3) is 6.21. The van der Waals surface area contributed by atoms with E-state index in [0.29, 0.717) is 37.1 Å². The van der Waals surface area contributed by atoms with Crippen LogP contribution in [0, 0.1) is 18.8 Å². The van der Waals surface area contributed by atoms with Gasteiger partial charge in [-0.2, -0.15) is 0 Å². The minimum Gasteiger partial charge on any atom is -0.352 e. The van der Waals surface area contributed by atoms with Crippen LogP contribution in [0.2, 0.25) is 0 Å². The largest absolute Gasteiger partial charge is 0.352 e. The fourth-order valence-corrected chi connectivity index (χ4v) is 4.11. The van der Waals surface area contributed by atoms with Gasteiger partial charge in [-0.3, -0.25) is 14.4 Å². The van der Waals surface area contributed by atoms with Crippen molar-refractivity contribution in [2.24, 2.45) is 11.8 Å². The Kier molecular flexibility index (Phi) is 8.26. The van der Waals surface area contributed by atoms with E-state index in [0.717, 1.165) is 5.56 Å². The highest BCUT2D eigenvalue weighted by atomic mass is 16.2. The topological polar surface area (TPSA) is 78.5 Å². The van der Waals surface area contributed by atoms with E-state index in [2.05, 4.69) is 24.5 Å². The Balaban J connectivity index is 1.71. The summed E-state index contributed by atoms with van der Waals surface area (Å²) in [6.45, 7) is 9.14. The lowest BCUT2D eigenvalue weighted by Crippen LogP contribution is -2.55. The first-order valence-corrected chi connectivity index (χ1v) is 11.8. The van der Waals surface area contributed by atoms with Crippen molar-refractivity contribution in [1.82, 2.24) is 15.5 Å². The van der Waals surface area contributed by atoms with Crippen molar-refractivity contribution >= 4 is 17.7 Å². The average Bonchev–Trinajstić information content (AvgIpc) is 2.82. The predicted octanol–water partition coefficient (Wildman–Crippen LogP) is 3.81. The van der Waals surface area contributed by atoms with Crippen molar-refractivity contribution in [2.45, 2.75) is 52.6 Å². The Labute approximate surface area is 196 Å². The molecule has 0 aromatic heterocycles. The monoisotopic (exact) mass is 449 g/mol. The first kappa shape index (κ1) is 24.5. The molecule has 0 spiro atoms. The predicted molar refractivity (Wildman–Crippen MR) is 130 cm³/mol. The minimum absolute atomic E-state index is 0.00338. The number of amides is 3. The third-order valence-electron chi connectivity index (χ3n) is 6.65. The van der Waals surface area contributed by atoms with Gasteiger partial charge in [0.05, 0.1) is 0 Å². The van der Waals surface area contributed by atoms with Crippen LogP contribution in [0.5, 0.6) is 0 Å². The Bertz CT molecular complexity index is 966. The van der Waals surface area contributed by atoms with Crippen LogP contribution in [-0.2, 0) is 4.79 Å². The van der Waals surface area contributed by atoms with Gasteiger partial charge < -0.3 is 15.5 Å². The van der Waals surface area contributed by atoms with Crippen LogP contribution in [0.3, 0.4) is 0 Å². The number of carbonyl (C=O) groups excluding carboxylic acids is 3. The van der Waals surface area contributed by atoms with Gasteiger partial charge >= 0.3 is 0 Å². The number of nitrogens with one attached hydrogen (secondary N) is 2. The zero-order valence-corrected chi connectivity index (χ0v) is 20.0. The molecule has 0 aliphatic carbocycles. The molecule has 0 radical (unpaired) electrons. The molecule has 1 aliphatic heterocycles. The molecule has 2 aromatic rings. The summed E-state index contributed by atoms with van der Waals surface area (Å²) in [4.78, 5) is 40.9. The summed E-state index contributed by atoms with van der Waals surface area (Å²) in [5.74, 6) is -0.157. The molecule has 176 valence electrons. The van der Waals surface area contributed by atoms with E-state index in [1.165, 1.54) is 0 Å². The molecule has 1 saturated heterocycles. The molecule has 1 aliphatic rings. The summed E-state index contributed by atoms with van der Waals surface area (Å²) in [5, 5.41) is 6.04. The van der Waals surface area contributed by atoms with Gasteiger partial charge in [0, 0.05) is 30.3 Å². The fourth-order valence-electron chi connectivity index (χ4n) is 4.11. The number of hydrogen-bond acceptors (Lipinski definition) is 3. The summed E-state index contributed by atoms with van der Waals surface area (Å²) >= 11 is 0. The van der Waals surface area contributed by atoms with Crippen molar-refractivity contribution in [2.75, 3.05) is 13.1 Å². The normalized spacial score (nSPS) is 16.2. The number of rotatable bonds is 7. The molecule has 6 heteroatoms. The van der Waals surface area contributed by atoms with Gasteiger partial charge in [0.2, 0.25) is 5.91 Å². The fraction of sp³-hybridized carbons (Fsp3) is 0.444. The minimum atomic E-state index is -0.644. The van der Waals surface area contributed by atoms with Gasteiger partial charge in [0.1, 0.15) is 6.04 Å². The van der Waals surface area contributed by atoms with Crippen LogP contribution >= 0.6 is 0 Å². The lowest BCUT2D eigenvalue weighted by atomic mass is 9.87. The van der Waals surface area contributed by atoms with Gasteiger partial charge in [-0.15, -0.1) is 0 Å². The average molecular weight is 450 g/mol. The van der Waals surface area contributed by atoms with E-state index < -0.39 is 6.04 Å². The maximum atomic E-state index is 13.2. The second-order valence-corrected chi connectivity index (χ2v) is 9.30. The maximum Gasteiger partial charge on any atom is 0.254 e. The Morgan fingerprint density at radius 1 is 0.879 bits per heavy atom. The van der Waals surface area contributed by atoms with E-state index >= 15 is 0 Å². The van der Waals surface area contributed by atoms with Crippen molar-refractivity contribution in [3.63, 3.8) is 0 Å². The standard InChI is InChI=1S/C27H35N3O3/c1-18(2)20(4)28-26(32)24(29-25(31)22-11-6-5-7-12-22)21-14-16-30(17-15-21)27(33)23-13-9-8-10-19(23)3/h5-13,18,20-21,24H,14-17H2,1-4H3,(H,28,32)(H,29,31). The molecule has 0 saturated carbocycles. The van der Waals surface area contributed by atoms with Crippen LogP contribution < -0.4 is 10.6 Å². The number of benzene rings is 2. The SMILES string of the molecule is Cc1ccccc1C(=O)N1CCC(C(NC(=O)c2ccccc2)C(=O)NC(C)C(C)C)CC1. The number of piperidine rings is 1. The maximum absolute atomic E-state index is 13.2. The first-order valence-electron chi connectivity index (χ1n) is 11.8. The quantitative estimate of drug-likeness (QED) is 0.675. The van der Waals surface area contributed by atoms with Gasteiger partial charge in [-0.1, -0.05) is 50.2 Å². The molecule has 33 heavy (non-hydrogen) atoms. The summed E-state index contributed by atoms with van der Waals surface area (Å²) in [6.07, 6.45) is 1.31. The van der Waals surface area contributed by atoms with Crippen molar-refractivity contribution in [3.8, 4) is 0 Å². The highest BCUT2D eigenvalue weighted by Crippen LogP contribution is 2.24. The molecular formula is C27H35N3O3. The number of nitrogens with zero attached hydrogens (tertiary/aromatic N) is 1. The van der Waals surface area contributed by atoms with Crippen LogP contribution in [0.25, 0.3) is 0 Å². The van der Waals surface area contributed by atoms with Crippen LogP contribution in [-0.4, -0.2) is 47.8 Å². The molecule has 0 bridgehead atoms. The molecule has 6 nitrogen and oxygen atoms in total. The number of aryl methyl sites for hydroxylation is 1. The first-order chi connectivity index (χ1) is 15.8. The van der Waals surface area contributed by atoms with E-state index in [-0.39, 0.29) is 35.6 Å². The van der Waals surface area contributed by atoms with Crippen LogP contribution in [0.15, 0.2) is 54.6 Å². The van der Waals surface area contributed by atoms with E-state index in [1.54, 1.807) is 24.3 Å². The summed E-state index contributed by atoms with van der Waals surface area (Å²) in [5.41, 5.74) is 2.20. The van der Waals surface area contributed by atoms with E-state index in [4.69, 9.17) is 0 Å². The van der Waals surface area contributed by atoms with E-state index in [1.807, 2.05) is 49.1 Å². The molecule has 2 aromatic carbocycles. The Morgan fingerprint density at radius 3 is 2.09 bits per heavy atom. The lowest BCUT2D eigenvalue weighted by molar-refractivity contribution is -0.125. The van der Waals surface area contributed by atoms with Gasteiger partial charge in [0.25, 0.3) is 11.8 Å². The summed E-state index contributed by atoms with van der Waals surface area (Å²) in [7, 11) is 0. The Hall–Kier alpha value is -3.15. The Morgan fingerprint density at radius 2 is 1.48 bits per heavy atom. The second-order valence-electron chi connectivity index (χ2n) is 9.30. The zero-order valence-electron chi connectivity index (χ0n) is 20.0.